The molecule has 2 heterocycles. The first kappa shape index (κ1) is 19.8. The van der Waals surface area contributed by atoms with Gasteiger partial charge in [0.1, 0.15) is 18.1 Å². The van der Waals surface area contributed by atoms with E-state index in [1.165, 1.54) is 0 Å². The molecule has 30 heavy (non-hydrogen) atoms. The second-order valence-electron chi connectivity index (χ2n) is 6.75. The Kier molecular flexibility index (Phi) is 5.86. The monoisotopic (exact) mass is 421 g/mol. The summed E-state index contributed by atoms with van der Waals surface area (Å²) in [6, 6.07) is 22.3. The Morgan fingerprint density at radius 1 is 1.10 bits per heavy atom. The van der Waals surface area contributed by atoms with Crippen molar-refractivity contribution in [3.63, 3.8) is 0 Å². The molecular weight excluding hydrogens is 402 g/mol. The van der Waals surface area contributed by atoms with Crippen LogP contribution in [-0.4, -0.2) is 15.7 Å². The van der Waals surface area contributed by atoms with E-state index in [0.29, 0.717) is 28.9 Å². The lowest BCUT2D eigenvalue weighted by atomic mass is 10.2. The van der Waals surface area contributed by atoms with Crippen LogP contribution in [0.15, 0.2) is 77.2 Å². The number of aryl methyl sites for hydroxylation is 1. The number of benzene rings is 2. The van der Waals surface area contributed by atoms with E-state index in [4.69, 9.17) is 20.8 Å². The highest BCUT2D eigenvalue weighted by atomic mass is 35.5. The van der Waals surface area contributed by atoms with Gasteiger partial charge in [0.25, 0.3) is 5.91 Å². The first-order chi connectivity index (χ1) is 14.6. The third-order valence-corrected chi connectivity index (χ3v) is 4.80. The van der Waals surface area contributed by atoms with Crippen molar-refractivity contribution in [3.05, 3.63) is 101 Å². The Labute approximate surface area is 179 Å². The molecule has 2 aromatic carbocycles. The molecule has 0 radical (unpaired) electrons. The number of furan rings is 1. The third kappa shape index (κ3) is 4.72. The topological polar surface area (TPSA) is 69.3 Å². The number of para-hydroxylation sites is 1. The average molecular weight is 422 g/mol. The molecule has 7 heteroatoms. The van der Waals surface area contributed by atoms with Crippen LogP contribution in [0.1, 0.15) is 27.6 Å². The van der Waals surface area contributed by atoms with Crippen LogP contribution in [0, 0.1) is 6.92 Å². The normalized spacial score (nSPS) is 10.7. The van der Waals surface area contributed by atoms with Gasteiger partial charge in [0.2, 0.25) is 0 Å². The van der Waals surface area contributed by atoms with Gasteiger partial charge in [0.15, 0.2) is 11.6 Å². The summed E-state index contributed by atoms with van der Waals surface area (Å²) in [6.45, 7) is 2.75. The SMILES string of the molecule is Cc1cc(NC(=O)c2ccc(COc3ccccc3Cl)o2)nn1Cc1ccccc1. The molecule has 1 N–H and O–H groups in total. The molecule has 0 atom stereocenters. The molecule has 0 saturated carbocycles. The number of nitrogens with zero attached hydrogens (tertiary/aromatic N) is 2. The average Bonchev–Trinajstić information content (AvgIpc) is 3.35. The minimum Gasteiger partial charge on any atom is -0.484 e. The van der Waals surface area contributed by atoms with Crippen molar-refractivity contribution in [1.82, 2.24) is 9.78 Å². The van der Waals surface area contributed by atoms with Gasteiger partial charge in [0.05, 0.1) is 11.6 Å². The predicted molar refractivity (Wildman–Crippen MR) is 115 cm³/mol. The molecule has 0 aliphatic carbocycles. The van der Waals surface area contributed by atoms with E-state index in [9.17, 15) is 4.79 Å². The van der Waals surface area contributed by atoms with Crippen molar-refractivity contribution in [2.75, 3.05) is 5.32 Å². The molecule has 0 saturated heterocycles. The zero-order valence-corrected chi connectivity index (χ0v) is 17.1. The Hall–Kier alpha value is -3.51. The van der Waals surface area contributed by atoms with Crippen molar-refractivity contribution in [2.45, 2.75) is 20.1 Å². The minimum absolute atomic E-state index is 0.168. The van der Waals surface area contributed by atoms with Gasteiger partial charge in [-0.3, -0.25) is 9.48 Å². The summed E-state index contributed by atoms with van der Waals surface area (Å²) in [5, 5.41) is 7.76. The number of amides is 1. The van der Waals surface area contributed by atoms with Gasteiger partial charge in [-0.1, -0.05) is 54.1 Å². The lowest BCUT2D eigenvalue weighted by Gasteiger charge is -2.05. The molecule has 0 bridgehead atoms. The molecule has 152 valence electrons. The quantitative estimate of drug-likeness (QED) is 0.438. The van der Waals surface area contributed by atoms with E-state index in [2.05, 4.69) is 10.4 Å². The summed E-state index contributed by atoms with van der Waals surface area (Å²) in [7, 11) is 0. The van der Waals surface area contributed by atoms with Gasteiger partial charge in [-0.25, -0.2) is 0 Å². The Bertz CT molecular complexity index is 1150. The van der Waals surface area contributed by atoms with E-state index in [1.807, 2.05) is 60.1 Å². The second-order valence-corrected chi connectivity index (χ2v) is 7.16. The smallest absolute Gasteiger partial charge is 0.292 e. The molecule has 0 fully saturated rings. The maximum atomic E-state index is 12.5. The molecule has 0 aliphatic rings. The maximum absolute atomic E-state index is 12.5. The van der Waals surface area contributed by atoms with Crippen LogP contribution in [0.5, 0.6) is 5.75 Å². The molecule has 0 unspecified atom stereocenters. The van der Waals surface area contributed by atoms with Crippen LogP contribution in [0.4, 0.5) is 5.82 Å². The zero-order chi connectivity index (χ0) is 20.9. The fourth-order valence-corrected chi connectivity index (χ4v) is 3.14. The van der Waals surface area contributed by atoms with Crippen LogP contribution in [0.3, 0.4) is 0 Å². The number of hydrogen-bond donors (Lipinski definition) is 1. The number of halogens is 1. The fourth-order valence-electron chi connectivity index (χ4n) is 2.95. The van der Waals surface area contributed by atoms with Gasteiger partial charge in [-0.15, -0.1) is 0 Å². The van der Waals surface area contributed by atoms with Gasteiger partial charge in [-0.2, -0.15) is 5.10 Å². The van der Waals surface area contributed by atoms with Gasteiger partial charge in [0, 0.05) is 11.8 Å². The van der Waals surface area contributed by atoms with Crippen LogP contribution in [0.25, 0.3) is 0 Å². The lowest BCUT2D eigenvalue weighted by Crippen LogP contribution is -2.12. The van der Waals surface area contributed by atoms with Crippen molar-refractivity contribution >= 4 is 23.3 Å². The summed E-state index contributed by atoms with van der Waals surface area (Å²) in [5.41, 5.74) is 2.08. The summed E-state index contributed by atoms with van der Waals surface area (Å²) < 4.78 is 13.1. The standard InChI is InChI=1S/C23H20ClN3O3/c1-16-13-22(26-27(16)14-17-7-3-2-4-8-17)25-23(28)21-12-11-18(30-21)15-29-20-10-6-5-9-19(20)24/h2-13H,14-15H2,1H3,(H,25,26,28). The van der Waals surface area contributed by atoms with E-state index < -0.39 is 0 Å². The summed E-state index contributed by atoms with van der Waals surface area (Å²) in [6.07, 6.45) is 0. The maximum Gasteiger partial charge on any atom is 0.292 e. The number of hydrogen-bond acceptors (Lipinski definition) is 4. The van der Waals surface area contributed by atoms with Gasteiger partial charge >= 0.3 is 0 Å². The molecule has 2 aromatic heterocycles. The van der Waals surface area contributed by atoms with Crippen LogP contribution in [-0.2, 0) is 13.2 Å². The van der Waals surface area contributed by atoms with Crippen molar-refractivity contribution in [2.24, 2.45) is 0 Å². The van der Waals surface area contributed by atoms with Crippen LogP contribution < -0.4 is 10.1 Å². The summed E-state index contributed by atoms with van der Waals surface area (Å²) >= 11 is 6.07. The molecule has 0 spiro atoms. The molecular formula is C23H20ClN3O3. The number of aromatic nitrogens is 2. The number of ether oxygens (including phenoxy) is 1. The lowest BCUT2D eigenvalue weighted by molar-refractivity contribution is 0.0992. The van der Waals surface area contributed by atoms with Crippen molar-refractivity contribution in [3.8, 4) is 5.75 Å². The molecule has 0 aliphatic heterocycles. The largest absolute Gasteiger partial charge is 0.484 e. The highest BCUT2D eigenvalue weighted by Crippen LogP contribution is 2.24. The number of rotatable bonds is 7. The number of nitrogens with one attached hydrogen (secondary N) is 1. The highest BCUT2D eigenvalue weighted by molar-refractivity contribution is 6.32. The van der Waals surface area contributed by atoms with E-state index in [-0.39, 0.29) is 18.3 Å². The Balaban J connectivity index is 1.37. The number of carbonyl (C=O) groups excluding carboxylic acids is 1. The zero-order valence-electron chi connectivity index (χ0n) is 16.3. The van der Waals surface area contributed by atoms with Crippen LogP contribution >= 0.6 is 11.6 Å². The minimum atomic E-state index is -0.372. The van der Waals surface area contributed by atoms with E-state index in [1.54, 1.807) is 24.3 Å². The van der Waals surface area contributed by atoms with Gasteiger partial charge < -0.3 is 14.5 Å². The van der Waals surface area contributed by atoms with E-state index >= 15 is 0 Å². The summed E-state index contributed by atoms with van der Waals surface area (Å²) in [5.74, 6) is 1.36. The first-order valence-corrected chi connectivity index (χ1v) is 9.82. The van der Waals surface area contributed by atoms with Crippen molar-refractivity contribution in [1.29, 1.82) is 0 Å². The molecule has 4 rings (SSSR count). The number of anilines is 1. The number of carbonyl (C=O) groups is 1. The first-order valence-electron chi connectivity index (χ1n) is 9.44. The molecule has 1 amide bonds. The van der Waals surface area contributed by atoms with Gasteiger partial charge in [-0.05, 0) is 36.8 Å². The second kappa shape index (κ2) is 8.88. The summed E-state index contributed by atoms with van der Waals surface area (Å²) in [4.78, 5) is 12.5. The van der Waals surface area contributed by atoms with E-state index in [0.717, 1.165) is 11.3 Å². The Morgan fingerprint density at radius 2 is 1.87 bits per heavy atom. The third-order valence-electron chi connectivity index (χ3n) is 4.49. The predicted octanol–water partition coefficient (Wildman–Crippen LogP) is 5.32. The van der Waals surface area contributed by atoms with Crippen molar-refractivity contribution < 1.29 is 13.9 Å². The highest BCUT2D eigenvalue weighted by Gasteiger charge is 2.14. The van der Waals surface area contributed by atoms with Crippen LogP contribution in [0.2, 0.25) is 5.02 Å². The fraction of sp³-hybridized carbons (Fsp3) is 0.130. The molecule has 4 aromatic rings. The Morgan fingerprint density at radius 3 is 2.67 bits per heavy atom. The molecule has 6 nitrogen and oxygen atoms in total.